The van der Waals surface area contributed by atoms with Crippen molar-refractivity contribution < 1.29 is 4.79 Å². The number of Topliss-reactive ketones (excluding diaryl/α,β-unsaturated/α-hetero) is 1. The maximum Gasteiger partial charge on any atom is 0.153 e. The number of carbonyl (C=O) groups excluding carboxylic acids is 1. The fourth-order valence-corrected chi connectivity index (χ4v) is 3.00. The van der Waals surface area contributed by atoms with E-state index in [0.29, 0.717) is 5.78 Å². The van der Waals surface area contributed by atoms with Crippen LogP contribution in [0.1, 0.15) is 85.0 Å². The monoisotopic (exact) mass is 269 g/mol. The van der Waals surface area contributed by atoms with E-state index in [1.807, 2.05) is 14.1 Å². The summed E-state index contributed by atoms with van der Waals surface area (Å²) >= 11 is 0. The molecule has 0 spiro atoms. The Kier molecular flexibility index (Phi) is 10.2. The summed E-state index contributed by atoms with van der Waals surface area (Å²) < 4.78 is 0. The summed E-state index contributed by atoms with van der Waals surface area (Å²) in [4.78, 5) is 14.6. The lowest BCUT2D eigenvalue weighted by Gasteiger charge is -2.37. The Morgan fingerprint density at radius 2 is 1.32 bits per heavy atom. The first kappa shape index (κ1) is 18.6. The number of hydrogen-bond acceptors (Lipinski definition) is 2. The SMILES string of the molecule is CCCCCCCCCC(=O)C(CC)(CC)N(C)C. The van der Waals surface area contributed by atoms with Crippen LogP contribution < -0.4 is 0 Å². The molecule has 0 aliphatic rings. The molecule has 0 aliphatic heterocycles. The van der Waals surface area contributed by atoms with Gasteiger partial charge in [0.25, 0.3) is 0 Å². The van der Waals surface area contributed by atoms with Gasteiger partial charge in [0.2, 0.25) is 0 Å². The van der Waals surface area contributed by atoms with Gasteiger partial charge >= 0.3 is 0 Å². The Hall–Kier alpha value is -0.370. The van der Waals surface area contributed by atoms with Gasteiger partial charge in [-0.2, -0.15) is 0 Å². The summed E-state index contributed by atoms with van der Waals surface area (Å²) in [6.07, 6.45) is 11.5. The summed E-state index contributed by atoms with van der Waals surface area (Å²) in [6.45, 7) is 6.51. The number of carbonyl (C=O) groups is 1. The predicted octanol–water partition coefficient (Wildman–Crippen LogP) is 4.82. The standard InChI is InChI=1S/C17H35NO/c1-6-9-10-11-12-13-14-15-16(19)17(7-2,8-3)18(4)5/h6-15H2,1-5H3. The largest absolute Gasteiger partial charge is 0.298 e. The van der Waals surface area contributed by atoms with Gasteiger partial charge in [0.1, 0.15) is 0 Å². The minimum absolute atomic E-state index is 0.220. The molecular formula is C17H35NO. The third-order valence-electron chi connectivity index (χ3n) is 4.55. The third kappa shape index (κ3) is 6.07. The number of unbranched alkanes of at least 4 members (excludes halogenated alkanes) is 6. The van der Waals surface area contributed by atoms with Crippen molar-refractivity contribution in [3.8, 4) is 0 Å². The van der Waals surface area contributed by atoms with Crippen molar-refractivity contribution in [2.24, 2.45) is 0 Å². The molecule has 2 heteroatoms. The van der Waals surface area contributed by atoms with E-state index in [1.165, 1.54) is 38.5 Å². The van der Waals surface area contributed by atoms with Gasteiger partial charge in [-0.25, -0.2) is 0 Å². The first-order chi connectivity index (χ1) is 9.05. The quantitative estimate of drug-likeness (QED) is 0.474. The molecule has 0 radical (unpaired) electrons. The van der Waals surface area contributed by atoms with E-state index in [9.17, 15) is 4.79 Å². The zero-order valence-corrected chi connectivity index (χ0v) is 13.9. The number of hydrogen-bond donors (Lipinski definition) is 0. The Bertz CT molecular complexity index is 231. The van der Waals surface area contributed by atoms with E-state index in [0.717, 1.165) is 25.7 Å². The molecule has 0 N–H and O–H groups in total. The second kappa shape index (κ2) is 10.4. The molecule has 0 amide bonds. The van der Waals surface area contributed by atoms with Gasteiger partial charge in [0.15, 0.2) is 5.78 Å². The summed E-state index contributed by atoms with van der Waals surface area (Å²) in [7, 11) is 4.07. The molecule has 0 bridgehead atoms. The molecule has 0 aromatic carbocycles. The zero-order valence-electron chi connectivity index (χ0n) is 13.9. The molecule has 0 heterocycles. The third-order valence-corrected chi connectivity index (χ3v) is 4.55. The Morgan fingerprint density at radius 1 is 0.842 bits per heavy atom. The van der Waals surface area contributed by atoms with Crippen LogP contribution in [0.5, 0.6) is 0 Å². The molecule has 0 saturated heterocycles. The highest BCUT2D eigenvalue weighted by Gasteiger charge is 2.35. The van der Waals surface area contributed by atoms with Crippen molar-refractivity contribution in [2.75, 3.05) is 14.1 Å². The average molecular weight is 269 g/mol. The Morgan fingerprint density at radius 3 is 1.74 bits per heavy atom. The maximum absolute atomic E-state index is 12.5. The van der Waals surface area contributed by atoms with Gasteiger partial charge in [-0.05, 0) is 33.4 Å². The molecule has 0 fully saturated rings. The van der Waals surface area contributed by atoms with Crippen LogP contribution in [0.2, 0.25) is 0 Å². The molecule has 114 valence electrons. The van der Waals surface area contributed by atoms with Gasteiger partial charge in [-0.1, -0.05) is 59.3 Å². The average Bonchev–Trinajstić information content (AvgIpc) is 2.39. The van der Waals surface area contributed by atoms with E-state index in [2.05, 4.69) is 25.7 Å². The first-order valence-electron chi connectivity index (χ1n) is 8.25. The second-order valence-electron chi connectivity index (χ2n) is 5.93. The lowest BCUT2D eigenvalue weighted by Crippen LogP contribution is -2.50. The molecule has 0 atom stereocenters. The molecule has 0 aromatic heterocycles. The molecule has 19 heavy (non-hydrogen) atoms. The topological polar surface area (TPSA) is 20.3 Å². The van der Waals surface area contributed by atoms with Gasteiger partial charge < -0.3 is 0 Å². The van der Waals surface area contributed by atoms with Gasteiger partial charge in [-0.3, -0.25) is 9.69 Å². The van der Waals surface area contributed by atoms with Crippen LogP contribution in [0, 0.1) is 0 Å². The van der Waals surface area contributed by atoms with Crippen molar-refractivity contribution >= 4 is 5.78 Å². The smallest absolute Gasteiger partial charge is 0.153 e. The van der Waals surface area contributed by atoms with E-state index >= 15 is 0 Å². The summed E-state index contributed by atoms with van der Waals surface area (Å²) in [5, 5.41) is 0. The fraction of sp³-hybridized carbons (Fsp3) is 0.941. The minimum Gasteiger partial charge on any atom is -0.298 e. The van der Waals surface area contributed by atoms with Crippen LogP contribution in [0.3, 0.4) is 0 Å². The van der Waals surface area contributed by atoms with Crippen molar-refractivity contribution in [3.05, 3.63) is 0 Å². The van der Waals surface area contributed by atoms with Crippen LogP contribution in [-0.4, -0.2) is 30.3 Å². The second-order valence-corrected chi connectivity index (χ2v) is 5.93. The zero-order chi connectivity index (χ0) is 14.7. The highest BCUT2D eigenvalue weighted by molar-refractivity contribution is 5.88. The Balaban J connectivity index is 3.95. The maximum atomic E-state index is 12.5. The predicted molar refractivity (Wildman–Crippen MR) is 84.6 cm³/mol. The van der Waals surface area contributed by atoms with E-state index in [1.54, 1.807) is 0 Å². The van der Waals surface area contributed by atoms with Gasteiger partial charge in [0, 0.05) is 6.42 Å². The molecule has 0 unspecified atom stereocenters. The Labute approximate surface area is 120 Å². The van der Waals surface area contributed by atoms with Crippen LogP contribution in [-0.2, 0) is 4.79 Å². The van der Waals surface area contributed by atoms with Crippen molar-refractivity contribution in [3.63, 3.8) is 0 Å². The molecule has 2 nitrogen and oxygen atoms in total. The molecule has 0 aromatic rings. The van der Waals surface area contributed by atoms with Crippen LogP contribution >= 0.6 is 0 Å². The van der Waals surface area contributed by atoms with E-state index < -0.39 is 0 Å². The number of ketones is 1. The van der Waals surface area contributed by atoms with Crippen molar-refractivity contribution in [1.82, 2.24) is 4.90 Å². The van der Waals surface area contributed by atoms with Crippen LogP contribution in [0.25, 0.3) is 0 Å². The molecule has 0 saturated carbocycles. The highest BCUT2D eigenvalue weighted by Crippen LogP contribution is 2.25. The lowest BCUT2D eigenvalue weighted by molar-refractivity contribution is -0.130. The summed E-state index contributed by atoms with van der Waals surface area (Å²) in [6, 6.07) is 0. The van der Waals surface area contributed by atoms with Crippen LogP contribution in [0.4, 0.5) is 0 Å². The molecular weight excluding hydrogens is 234 g/mol. The molecule has 0 rings (SSSR count). The molecule has 0 aliphatic carbocycles. The number of rotatable bonds is 12. The first-order valence-corrected chi connectivity index (χ1v) is 8.25. The van der Waals surface area contributed by atoms with Crippen molar-refractivity contribution in [2.45, 2.75) is 90.5 Å². The number of likely N-dealkylation sites (N-methyl/N-ethyl adjacent to an activating group) is 1. The summed E-state index contributed by atoms with van der Waals surface area (Å²) in [5.74, 6) is 0.441. The normalized spacial score (nSPS) is 12.1. The highest BCUT2D eigenvalue weighted by atomic mass is 16.1. The summed E-state index contributed by atoms with van der Waals surface area (Å²) in [5.41, 5.74) is -0.220. The van der Waals surface area contributed by atoms with E-state index in [4.69, 9.17) is 0 Å². The number of nitrogens with zero attached hydrogens (tertiary/aromatic N) is 1. The lowest BCUT2D eigenvalue weighted by atomic mass is 9.84. The van der Waals surface area contributed by atoms with Gasteiger partial charge in [-0.15, -0.1) is 0 Å². The van der Waals surface area contributed by atoms with Crippen molar-refractivity contribution in [1.29, 1.82) is 0 Å². The minimum atomic E-state index is -0.220. The van der Waals surface area contributed by atoms with Gasteiger partial charge in [0.05, 0.1) is 5.54 Å². The fourth-order valence-electron chi connectivity index (χ4n) is 3.00. The van der Waals surface area contributed by atoms with Crippen LogP contribution in [0.15, 0.2) is 0 Å². The van der Waals surface area contributed by atoms with E-state index in [-0.39, 0.29) is 5.54 Å².